The van der Waals surface area contributed by atoms with Crippen molar-refractivity contribution in [1.82, 2.24) is 4.57 Å². The Morgan fingerprint density at radius 1 is 1.60 bits per heavy atom. The molecule has 84 valence electrons. The normalized spacial score (nSPS) is 19.9. The van der Waals surface area contributed by atoms with Crippen molar-refractivity contribution >= 4 is 11.6 Å². The second-order valence-electron chi connectivity index (χ2n) is 4.67. The van der Waals surface area contributed by atoms with Crippen molar-refractivity contribution in [2.75, 3.05) is 6.54 Å². The Bertz CT molecular complexity index is 355. The van der Waals surface area contributed by atoms with Crippen LogP contribution in [0.3, 0.4) is 0 Å². The van der Waals surface area contributed by atoms with E-state index in [1.54, 1.807) is 0 Å². The van der Waals surface area contributed by atoms with Crippen LogP contribution >= 0.6 is 11.6 Å². The molecule has 0 bridgehead atoms. The number of hydrogen-bond donors (Lipinski definition) is 1. The van der Waals surface area contributed by atoms with E-state index in [9.17, 15) is 0 Å². The van der Waals surface area contributed by atoms with Gasteiger partial charge in [-0.2, -0.15) is 0 Å². The van der Waals surface area contributed by atoms with Crippen LogP contribution in [0.4, 0.5) is 0 Å². The van der Waals surface area contributed by atoms with Crippen molar-refractivity contribution in [2.45, 2.75) is 45.1 Å². The van der Waals surface area contributed by atoms with Gasteiger partial charge in [-0.15, -0.1) is 0 Å². The summed E-state index contributed by atoms with van der Waals surface area (Å²) in [5, 5.41) is 0.944. The van der Waals surface area contributed by atoms with Crippen molar-refractivity contribution < 1.29 is 0 Å². The van der Waals surface area contributed by atoms with Crippen LogP contribution in [-0.2, 0) is 6.42 Å². The van der Waals surface area contributed by atoms with E-state index in [1.807, 2.05) is 0 Å². The molecule has 0 saturated heterocycles. The zero-order valence-corrected chi connectivity index (χ0v) is 10.2. The Morgan fingerprint density at radius 3 is 2.93 bits per heavy atom. The van der Waals surface area contributed by atoms with E-state index in [0.717, 1.165) is 24.5 Å². The van der Waals surface area contributed by atoms with Crippen LogP contribution < -0.4 is 5.73 Å². The van der Waals surface area contributed by atoms with Crippen molar-refractivity contribution in [2.24, 2.45) is 5.73 Å². The molecule has 1 aliphatic rings. The molecule has 2 N–H and O–H groups in total. The van der Waals surface area contributed by atoms with Gasteiger partial charge in [0.25, 0.3) is 0 Å². The minimum Gasteiger partial charge on any atom is -0.336 e. The van der Waals surface area contributed by atoms with Gasteiger partial charge in [-0.05, 0) is 56.7 Å². The van der Waals surface area contributed by atoms with E-state index in [1.165, 1.54) is 17.5 Å². The first-order chi connectivity index (χ1) is 7.15. The fraction of sp³-hybridized carbons (Fsp3) is 0.667. The molecule has 0 saturated carbocycles. The SMILES string of the molecule is CC(C)n1cc2c(c1Cl)CCC2CCN. The first-order valence-corrected chi connectivity index (χ1v) is 6.12. The van der Waals surface area contributed by atoms with Gasteiger partial charge in [0.1, 0.15) is 5.15 Å². The molecule has 1 aromatic heterocycles. The van der Waals surface area contributed by atoms with Crippen molar-refractivity contribution in [3.05, 3.63) is 22.5 Å². The Balaban J connectivity index is 2.33. The number of halogens is 1. The van der Waals surface area contributed by atoms with Gasteiger partial charge in [-0.3, -0.25) is 0 Å². The highest BCUT2D eigenvalue weighted by atomic mass is 35.5. The Kier molecular flexibility index (Phi) is 3.08. The van der Waals surface area contributed by atoms with E-state index in [0.29, 0.717) is 12.0 Å². The van der Waals surface area contributed by atoms with Crippen LogP contribution in [0.25, 0.3) is 0 Å². The lowest BCUT2D eigenvalue weighted by molar-refractivity contribution is 0.581. The molecule has 2 nitrogen and oxygen atoms in total. The van der Waals surface area contributed by atoms with Gasteiger partial charge < -0.3 is 10.3 Å². The molecule has 0 spiro atoms. The fourth-order valence-electron chi connectivity index (χ4n) is 2.51. The van der Waals surface area contributed by atoms with Gasteiger partial charge in [-0.1, -0.05) is 11.6 Å². The number of nitrogens with two attached hydrogens (primary N) is 1. The number of nitrogens with zero attached hydrogens (tertiary/aromatic N) is 1. The molecule has 1 aliphatic carbocycles. The highest BCUT2D eigenvalue weighted by Crippen LogP contribution is 2.41. The Labute approximate surface area is 96.4 Å². The lowest BCUT2D eigenvalue weighted by Crippen LogP contribution is -2.05. The Morgan fingerprint density at radius 2 is 2.33 bits per heavy atom. The zero-order chi connectivity index (χ0) is 11.0. The number of fused-ring (bicyclic) bond motifs is 1. The first kappa shape index (κ1) is 11.0. The average molecular weight is 227 g/mol. The number of rotatable bonds is 3. The maximum atomic E-state index is 6.36. The van der Waals surface area contributed by atoms with Crippen molar-refractivity contribution in [1.29, 1.82) is 0 Å². The predicted molar refractivity (Wildman–Crippen MR) is 64.6 cm³/mol. The summed E-state index contributed by atoms with van der Waals surface area (Å²) in [4.78, 5) is 0. The van der Waals surface area contributed by atoms with Crippen LogP contribution in [-0.4, -0.2) is 11.1 Å². The third-order valence-electron chi connectivity index (χ3n) is 3.36. The molecule has 0 aliphatic heterocycles. The molecule has 0 fully saturated rings. The van der Waals surface area contributed by atoms with Crippen LogP contribution in [0.1, 0.15) is 49.8 Å². The van der Waals surface area contributed by atoms with E-state index >= 15 is 0 Å². The van der Waals surface area contributed by atoms with Gasteiger partial charge in [0.15, 0.2) is 0 Å². The quantitative estimate of drug-likeness (QED) is 0.844. The van der Waals surface area contributed by atoms with E-state index in [2.05, 4.69) is 24.6 Å². The van der Waals surface area contributed by atoms with Crippen LogP contribution in [0.5, 0.6) is 0 Å². The highest BCUT2D eigenvalue weighted by molar-refractivity contribution is 6.30. The Hall–Kier alpha value is -0.470. The molecular weight excluding hydrogens is 208 g/mol. The number of hydrogen-bond acceptors (Lipinski definition) is 1. The lowest BCUT2D eigenvalue weighted by atomic mass is 10.0. The molecular formula is C12H19ClN2. The van der Waals surface area contributed by atoms with E-state index < -0.39 is 0 Å². The average Bonchev–Trinajstić information content (AvgIpc) is 2.69. The topological polar surface area (TPSA) is 30.9 Å². The molecule has 15 heavy (non-hydrogen) atoms. The fourth-order valence-corrected chi connectivity index (χ4v) is 2.96. The largest absolute Gasteiger partial charge is 0.336 e. The smallest absolute Gasteiger partial charge is 0.112 e. The molecule has 1 aromatic rings. The molecule has 1 heterocycles. The highest BCUT2D eigenvalue weighted by Gasteiger charge is 2.27. The summed E-state index contributed by atoms with van der Waals surface area (Å²) in [5.41, 5.74) is 8.44. The summed E-state index contributed by atoms with van der Waals surface area (Å²) in [6.07, 6.45) is 5.67. The summed E-state index contributed by atoms with van der Waals surface area (Å²) in [6, 6.07) is 0.446. The molecule has 0 aromatic carbocycles. The summed E-state index contributed by atoms with van der Waals surface area (Å²) >= 11 is 6.36. The predicted octanol–water partition coefficient (Wildman–Crippen LogP) is 3.10. The molecule has 0 amide bonds. The molecule has 0 radical (unpaired) electrons. The molecule has 1 atom stereocenters. The summed E-state index contributed by atoms with van der Waals surface area (Å²) < 4.78 is 2.18. The second-order valence-corrected chi connectivity index (χ2v) is 5.03. The summed E-state index contributed by atoms with van der Waals surface area (Å²) in [6.45, 7) is 5.10. The lowest BCUT2D eigenvalue weighted by Gasteiger charge is -2.11. The number of aromatic nitrogens is 1. The van der Waals surface area contributed by atoms with E-state index in [-0.39, 0.29) is 0 Å². The maximum absolute atomic E-state index is 6.36. The van der Waals surface area contributed by atoms with Gasteiger partial charge in [0, 0.05) is 12.2 Å². The van der Waals surface area contributed by atoms with Crippen LogP contribution in [0.2, 0.25) is 5.15 Å². The second kappa shape index (κ2) is 4.18. The van der Waals surface area contributed by atoms with Crippen LogP contribution in [0, 0.1) is 0 Å². The van der Waals surface area contributed by atoms with Crippen LogP contribution in [0.15, 0.2) is 6.20 Å². The zero-order valence-electron chi connectivity index (χ0n) is 9.46. The minimum atomic E-state index is 0.446. The third kappa shape index (κ3) is 1.81. The molecule has 3 heteroatoms. The van der Waals surface area contributed by atoms with Gasteiger partial charge >= 0.3 is 0 Å². The summed E-state index contributed by atoms with van der Waals surface area (Å²) in [7, 11) is 0. The molecule has 2 rings (SSSR count). The summed E-state index contributed by atoms with van der Waals surface area (Å²) in [5.74, 6) is 0.641. The third-order valence-corrected chi connectivity index (χ3v) is 3.78. The van der Waals surface area contributed by atoms with E-state index in [4.69, 9.17) is 17.3 Å². The maximum Gasteiger partial charge on any atom is 0.112 e. The minimum absolute atomic E-state index is 0.446. The molecule has 1 unspecified atom stereocenters. The van der Waals surface area contributed by atoms with Gasteiger partial charge in [0.2, 0.25) is 0 Å². The van der Waals surface area contributed by atoms with Crippen molar-refractivity contribution in [3.63, 3.8) is 0 Å². The monoisotopic (exact) mass is 226 g/mol. The van der Waals surface area contributed by atoms with Crippen molar-refractivity contribution in [3.8, 4) is 0 Å². The standard InChI is InChI=1S/C12H19ClN2/c1-8(2)15-7-11-9(5-6-14)3-4-10(11)12(15)13/h7-9H,3-6,14H2,1-2H3. The van der Waals surface area contributed by atoms with Gasteiger partial charge in [-0.25, -0.2) is 0 Å². The first-order valence-electron chi connectivity index (χ1n) is 5.74. The van der Waals surface area contributed by atoms with Gasteiger partial charge in [0.05, 0.1) is 0 Å².